The zero-order chi connectivity index (χ0) is 46.9. The van der Waals surface area contributed by atoms with Crippen LogP contribution in [0.4, 0.5) is 11.9 Å². The minimum atomic E-state index is -0.683. The number of hydrogen-bond acceptors (Lipinski definition) is 12. The number of imidazole rings is 2. The first-order valence-electron chi connectivity index (χ1n) is 22.6. The van der Waals surface area contributed by atoms with E-state index in [2.05, 4.69) is 27.5 Å². The van der Waals surface area contributed by atoms with Crippen molar-refractivity contribution in [2.24, 2.45) is 16.9 Å². The van der Waals surface area contributed by atoms with Crippen LogP contribution in [0.5, 0.6) is 11.5 Å². The van der Waals surface area contributed by atoms with Crippen molar-refractivity contribution < 1.29 is 37.5 Å². The Morgan fingerprint density at radius 2 is 1.12 bits per heavy atom. The molecule has 1 aliphatic carbocycles. The van der Waals surface area contributed by atoms with Gasteiger partial charge in [-0.15, -0.1) is 0 Å². The summed E-state index contributed by atoms with van der Waals surface area (Å²) >= 11 is 0. The van der Waals surface area contributed by atoms with Crippen LogP contribution in [0.1, 0.15) is 137 Å². The van der Waals surface area contributed by atoms with Gasteiger partial charge in [0.1, 0.15) is 22.5 Å². The Hall–Kier alpha value is -6.92. The quantitative estimate of drug-likeness (QED) is 0.0781. The number of hydrogen-bond donors (Lipinski definition) is 4. The maximum Gasteiger partial charge on any atom is 0.295 e. The molecule has 2 radical (unpaired) electrons. The van der Waals surface area contributed by atoms with E-state index in [1.54, 1.807) is 47.2 Å². The first-order valence-corrected chi connectivity index (χ1v) is 22.6. The predicted octanol–water partition coefficient (Wildman–Crippen LogP) is 7.30. The Balaban J connectivity index is 1.29. The number of anilines is 2. The van der Waals surface area contributed by atoms with Gasteiger partial charge in [0.15, 0.2) is 11.8 Å². The third kappa shape index (κ3) is 9.15. The Morgan fingerprint density at radius 1 is 0.682 bits per heavy atom. The lowest BCUT2D eigenvalue weighted by Crippen LogP contribution is -2.37. The van der Waals surface area contributed by atoms with E-state index in [0.29, 0.717) is 82.4 Å². The highest BCUT2D eigenvalue weighted by Gasteiger charge is 2.37. The molecule has 1 spiro atoms. The summed E-state index contributed by atoms with van der Waals surface area (Å²) in [5, 5.41) is 5.56. The van der Waals surface area contributed by atoms with Gasteiger partial charge in [0, 0.05) is 43.5 Å². The van der Waals surface area contributed by atoms with Gasteiger partial charge in [-0.25, -0.2) is 19.9 Å². The number of aryl methyl sites for hydroxylation is 4. The molecule has 4 aromatic heterocycles. The fourth-order valence-corrected chi connectivity index (χ4v) is 9.38. The predicted molar refractivity (Wildman–Crippen MR) is 247 cm³/mol. The fourth-order valence-electron chi connectivity index (χ4n) is 9.38. The molecule has 2 aromatic carbocycles. The van der Waals surface area contributed by atoms with Crippen molar-refractivity contribution in [3.63, 3.8) is 0 Å². The third-order valence-electron chi connectivity index (χ3n) is 12.6. The lowest BCUT2D eigenvalue weighted by atomic mass is 9.58. The standard InChI is InChI=1S/C47H55BN10O8/c1-6-13-47(48)16-11-14-46(15-12-17-47)24-63-34-22-28(40(49)59)20-32-36(34)57(44(53-32)55-42(61)38-30(7-2)51-26(4)65-38)18-9-10-19-58-37-33(21-29(41(50)60)23-35(37)64-25-46)54-45(58)56-43(62)39-31(8-3)52-27(5)66-39/h9-10,20-23H,6-8,11-19,24-25H2,1-5H3,(H2,49,59)(H2,50,60)(H,53,55,61)(H,54,56,62)/b10-9+. The van der Waals surface area contributed by atoms with Crippen LogP contribution in [-0.4, -0.2) is 73.8 Å². The Labute approximate surface area is 382 Å². The summed E-state index contributed by atoms with van der Waals surface area (Å²) in [6.45, 7) is 9.83. The molecular weight excluding hydrogens is 843 g/mol. The fraction of sp³-hybridized carbons (Fsp3) is 0.447. The number of nitrogens with two attached hydrogens (primary N) is 2. The third-order valence-corrected chi connectivity index (χ3v) is 12.6. The lowest BCUT2D eigenvalue weighted by molar-refractivity contribution is 0.0502. The molecule has 4 amide bonds. The zero-order valence-electron chi connectivity index (χ0n) is 38.0. The number of amides is 4. The molecule has 66 heavy (non-hydrogen) atoms. The van der Waals surface area contributed by atoms with Gasteiger partial charge in [-0.3, -0.25) is 29.8 Å². The van der Waals surface area contributed by atoms with E-state index in [9.17, 15) is 19.2 Å². The van der Waals surface area contributed by atoms with Crippen molar-refractivity contribution in [1.82, 2.24) is 29.1 Å². The molecule has 1 aliphatic heterocycles. The Kier molecular flexibility index (Phi) is 12.8. The van der Waals surface area contributed by atoms with Gasteiger partial charge in [0.05, 0.1) is 43.5 Å². The summed E-state index contributed by atoms with van der Waals surface area (Å²) in [6, 6.07) is 6.33. The molecule has 0 bridgehead atoms. The van der Waals surface area contributed by atoms with E-state index < -0.39 is 29.0 Å². The minimum absolute atomic E-state index is 0.0619. The summed E-state index contributed by atoms with van der Waals surface area (Å²) < 4.78 is 28.8. The summed E-state index contributed by atoms with van der Waals surface area (Å²) in [6.07, 6.45) is 11.0. The molecule has 1 fully saturated rings. The highest BCUT2D eigenvalue weighted by atomic mass is 16.5. The highest BCUT2D eigenvalue weighted by molar-refractivity contribution is 6.15. The molecule has 344 valence electrons. The second-order valence-electron chi connectivity index (χ2n) is 17.5. The first kappa shape index (κ1) is 45.6. The van der Waals surface area contributed by atoms with Crippen molar-refractivity contribution in [1.29, 1.82) is 0 Å². The topological polar surface area (TPSA) is 251 Å². The van der Waals surface area contributed by atoms with E-state index in [-0.39, 0.29) is 66.2 Å². The maximum absolute atomic E-state index is 13.9. The van der Waals surface area contributed by atoms with E-state index >= 15 is 0 Å². The highest BCUT2D eigenvalue weighted by Crippen LogP contribution is 2.47. The average molecular weight is 899 g/mol. The van der Waals surface area contributed by atoms with Gasteiger partial charge in [-0.2, -0.15) is 0 Å². The van der Waals surface area contributed by atoms with E-state index in [1.165, 1.54) is 0 Å². The number of aromatic nitrogens is 6. The largest absolute Gasteiger partial charge is 0.491 e. The Bertz CT molecular complexity index is 2700. The maximum atomic E-state index is 13.9. The van der Waals surface area contributed by atoms with Gasteiger partial charge in [-0.1, -0.05) is 76.8 Å². The van der Waals surface area contributed by atoms with Gasteiger partial charge in [-0.05, 0) is 49.9 Å². The molecule has 0 saturated heterocycles. The molecule has 18 nitrogen and oxygen atoms in total. The summed E-state index contributed by atoms with van der Waals surface area (Å²) in [4.78, 5) is 71.8. The van der Waals surface area contributed by atoms with Crippen LogP contribution in [0.15, 0.2) is 45.3 Å². The number of benzene rings is 2. The second kappa shape index (κ2) is 18.5. The van der Waals surface area contributed by atoms with Crippen LogP contribution >= 0.6 is 0 Å². The lowest BCUT2D eigenvalue weighted by Gasteiger charge is -2.40. The summed E-state index contributed by atoms with van der Waals surface area (Å²) in [5.74, 6) is -0.684. The normalized spacial score (nSPS) is 16.6. The average Bonchev–Trinajstić information content (AvgIpc) is 4.04. The molecular formula is C47H55BN10O8. The van der Waals surface area contributed by atoms with Crippen LogP contribution in [-0.2, 0) is 25.9 Å². The molecule has 1 saturated carbocycles. The van der Waals surface area contributed by atoms with Crippen LogP contribution in [0, 0.1) is 19.3 Å². The van der Waals surface area contributed by atoms with Crippen molar-refractivity contribution in [3.05, 3.63) is 82.2 Å². The minimum Gasteiger partial charge on any atom is -0.491 e. The number of ether oxygens (including phenoxy) is 2. The molecule has 8 rings (SSSR count). The number of carbonyl (C=O) groups is 4. The number of nitrogens with one attached hydrogen (secondary N) is 2. The number of carbonyl (C=O) groups excluding carboxylic acids is 4. The van der Waals surface area contributed by atoms with Gasteiger partial charge >= 0.3 is 0 Å². The SMILES string of the molecule is [B]C1(CCC)CCCC2(CCC1)COc1cc(C(N)=O)cc3nc(NC(=O)c4oc(C)nc4CC)n(c13)C/C=C/Cn1c(NC(=O)c3oc(C)nc3CC)nc3cc(C(N)=O)cc(c31)OC2. The van der Waals surface area contributed by atoms with Crippen LogP contribution in [0.3, 0.4) is 0 Å². The second-order valence-corrected chi connectivity index (χ2v) is 17.5. The van der Waals surface area contributed by atoms with Gasteiger partial charge < -0.3 is 38.9 Å². The molecule has 5 heterocycles. The van der Waals surface area contributed by atoms with Crippen LogP contribution in [0.2, 0.25) is 5.31 Å². The van der Waals surface area contributed by atoms with Crippen molar-refractivity contribution in [2.45, 2.75) is 117 Å². The van der Waals surface area contributed by atoms with Crippen LogP contribution < -0.4 is 31.6 Å². The van der Waals surface area contributed by atoms with Gasteiger partial charge in [0.2, 0.25) is 35.2 Å². The smallest absolute Gasteiger partial charge is 0.295 e. The van der Waals surface area contributed by atoms with E-state index in [4.69, 9.17) is 47.6 Å². The van der Waals surface area contributed by atoms with Crippen LogP contribution in [0.25, 0.3) is 22.1 Å². The molecule has 19 heteroatoms. The molecule has 2 aliphatic rings. The summed E-state index contributed by atoms with van der Waals surface area (Å²) in [5.41, 5.74) is 14.2. The van der Waals surface area contributed by atoms with Gasteiger partial charge in [0.25, 0.3) is 11.8 Å². The number of nitrogens with zero attached hydrogens (tertiary/aromatic N) is 6. The molecule has 6 aromatic rings. The van der Waals surface area contributed by atoms with E-state index in [1.807, 2.05) is 26.0 Å². The summed E-state index contributed by atoms with van der Waals surface area (Å²) in [7, 11) is 6.97. The monoisotopic (exact) mass is 898 g/mol. The van der Waals surface area contributed by atoms with Crippen molar-refractivity contribution >= 4 is 65.4 Å². The number of oxazole rings is 2. The molecule has 0 atom stereocenters. The van der Waals surface area contributed by atoms with Crippen molar-refractivity contribution in [2.75, 3.05) is 23.8 Å². The molecule has 0 unspecified atom stereocenters. The van der Waals surface area contributed by atoms with Crippen molar-refractivity contribution in [3.8, 4) is 11.5 Å². The zero-order valence-corrected chi connectivity index (χ0v) is 38.0. The number of allylic oxidation sites excluding steroid dienone is 2. The first-order chi connectivity index (χ1) is 31.6. The number of primary amides is 2. The molecule has 6 N–H and O–H groups in total. The Morgan fingerprint density at radius 3 is 1.52 bits per heavy atom. The number of rotatable bonds is 10. The van der Waals surface area contributed by atoms with E-state index in [0.717, 1.165) is 38.5 Å².